The summed E-state index contributed by atoms with van der Waals surface area (Å²) >= 11 is 1.87. The van der Waals surface area contributed by atoms with Crippen molar-refractivity contribution in [2.24, 2.45) is 0 Å². The number of hydrogen-bond donors (Lipinski definition) is 1. The molecule has 16 heavy (non-hydrogen) atoms. The molecule has 1 N–H and O–H groups in total. The molecule has 0 amide bonds. The number of aromatic nitrogens is 2. The Labute approximate surface area is 100 Å². The van der Waals surface area contributed by atoms with E-state index < -0.39 is 0 Å². The minimum atomic E-state index is 0.880. The van der Waals surface area contributed by atoms with Gasteiger partial charge in [-0.2, -0.15) is 5.10 Å². The highest BCUT2D eigenvalue weighted by molar-refractivity contribution is 7.11. The third-order valence-electron chi connectivity index (χ3n) is 2.45. The van der Waals surface area contributed by atoms with Crippen molar-refractivity contribution >= 4 is 11.3 Å². The topological polar surface area (TPSA) is 29.9 Å². The fourth-order valence-corrected chi connectivity index (χ4v) is 2.60. The van der Waals surface area contributed by atoms with Gasteiger partial charge in [-0.05, 0) is 25.6 Å². The summed E-state index contributed by atoms with van der Waals surface area (Å²) in [5.41, 5.74) is 1.23. The van der Waals surface area contributed by atoms with E-state index in [0.717, 1.165) is 19.5 Å². The van der Waals surface area contributed by atoms with Gasteiger partial charge in [0.1, 0.15) is 0 Å². The normalized spacial score (nSPS) is 10.9. The summed E-state index contributed by atoms with van der Waals surface area (Å²) in [7, 11) is 1.95. The third kappa shape index (κ3) is 2.71. The first kappa shape index (κ1) is 11.4. The van der Waals surface area contributed by atoms with Crippen molar-refractivity contribution in [2.45, 2.75) is 26.4 Å². The summed E-state index contributed by atoms with van der Waals surface area (Å²) in [6.45, 7) is 3.95. The Kier molecular flexibility index (Phi) is 3.74. The summed E-state index contributed by atoms with van der Waals surface area (Å²) < 4.78 is 2.00. The molecular weight excluding hydrogens is 218 g/mol. The van der Waals surface area contributed by atoms with Gasteiger partial charge in [0, 0.05) is 28.1 Å². The number of hydrogen-bond acceptors (Lipinski definition) is 3. The highest BCUT2D eigenvalue weighted by Gasteiger charge is 2.01. The van der Waals surface area contributed by atoms with Crippen LogP contribution < -0.4 is 5.32 Å². The highest BCUT2D eigenvalue weighted by atomic mass is 32.1. The molecule has 2 rings (SSSR count). The van der Waals surface area contributed by atoms with Crippen LogP contribution in [0.3, 0.4) is 0 Å². The van der Waals surface area contributed by atoms with Crippen molar-refractivity contribution in [3.8, 4) is 0 Å². The van der Waals surface area contributed by atoms with E-state index in [4.69, 9.17) is 0 Å². The molecule has 2 heterocycles. The zero-order valence-corrected chi connectivity index (χ0v) is 10.5. The second-order valence-corrected chi connectivity index (χ2v) is 5.05. The molecule has 0 unspecified atom stereocenters. The van der Waals surface area contributed by atoms with Crippen molar-refractivity contribution in [3.63, 3.8) is 0 Å². The zero-order valence-electron chi connectivity index (χ0n) is 9.73. The lowest BCUT2D eigenvalue weighted by molar-refractivity contribution is 0.693. The van der Waals surface area contributed by atoms with Crippen molar-refractivity contribution in [1.82, 2.24) is 15.1 Å². The number of thiophene rings is 1. The molecule has 0 bridgehead atoms. The van der Waals surface area contributed by atoms with E-state index in [0.29, 0.717) is 0 Å². The zero-order chi connectivity index (χ0) is 11.4. The van der Waals surface area contributed by atoms with Crippen LogP contribution in [-0.2, 0) is 19.5 Å². The minimum Gasteiger partial charge on any atom is -0.316 e. The van der Waals surface area contributed by atoms with Crippen LogP contribution in [0.1, 0.15) is 22.2 Å². The molecule has 0 aromatic carbocycles. The monoisotopic (exact) mass is 235 g/mol. The first-order valence-electron chi connectivity index (χ1n) is 5.55. The van der Waals surface area contributed by atoms with Gasteiger partial charge in [-0.15, -0.1) is 11.3 Å². The summed E-state index contributed by atoms with van der Waals surface area (Å²) in [5, 5.41) is 7.47. The Bertz CT molecular complexity index is 445. The lowest BCUT2D eigenvalue weighted by atomic mass is 10.3. The van der Waals surface area contributed by atoms with E-state index in [1.54, 1.807) is 0 Å². The molecule has 0 aliphatic heterocycles. The van der Waals surface area contributed by atoms with Crippen LogP contribution >= 0.6 is 11.3 Å². The van der Waals surface area contributed by atoms with E-state index in [2.05, 4.69) is 35.7 Å². The van der Waals surface area contributed by atoms with E-state index in [1.807, 2.05) is 29.3 Å². The number of rotatable bonds is 5. The van der Waals surface area contributed by atoms with Crippen LogP contribution in [-0.4, -0.2) is 16.8 Å². The van der Waals surface area contributed by atoms with E-state index in [-0.39, 0.29) is 0 Å². The average molecular weight is 235 g/mol. The van der Waals surface area contributed by atoms with Gasteiger partial charge in [-0.1, -0.05) is 6.92 Å². The van der Waals surface area contributed by atoms with Gasteiger partial charge in [0.15, 0.2) is 0 Å². The van der Waals surface area contributed by atoms with Gasteiger partial charge < -0.3 is 5.32 Å². The van der Waals surface area contributed by atoms with Crippen molar-refractivity contribution in [2.75, 3.05) is 7.05 Å². The predicted molar refractivity (Wildman–Crippen MR) is 67.8 cm³/mol. The summed E-state index contributed by atoms with van der Waals surface area (Å²) in [5.74, 6) is 0. The highest BCUT2D eigenvalue weighted by Crippen LogP contribution is 2.17. The van der Waals surface area contributed by atoms with Gasteiger partial charge in [-0.3, -0.25) is 4.68 Å². The SMILES string of the molecule is CCc1ccc(Cn2cc(CNC)cn2)s1. The summed E-state index contributed by atoms with van der Waals surface area (Å²) in [4.78, 5) is 2.81. The molecular formula is C12H17N3S. The first-order chi connectivity index (χ1) is 7.81. The van der Waals surface area contributed by atoms with Gasteiger partial charge in [0.2, 0.25) is 0 Å². The van der Waals surface area contributed by atoms with Crippen LogP contribution in [0.2, 0.25) is 0 Å². The Hall–Kier alpha value is -1.13. The minimum absolute atomic E-state index is 0.880. The fraction of sp³-hybridized carbons (Fsp3) is 0.417. The van der Waals surface area contributed by atoms with Crippen LogP contribution in [0.15, 0.2) is 24.5 Å². The largest absolute Gasteiger partial charge is 0.316 e. The van der Waals surface area contributed by atoms with Crippen LogP contribution in [0.5, 0.6) is 0 Å². The lowest BCUT2D eigenvalue weighted by Crippen LogP contribution is -2.04. The molecule has 0 saturated heterocycles. The average Bonchev–Trinajstić information content (AvgIpc) is 2.89. The Morgan fingerprint density at radius 3 is 2.88 bits per heavy atom. The first-order valence-corrected chi connectivity index (χ1v) is 6.37. The van der Waals surface area contributed by atoms with Crippen LogP contribution in [0, 0.1) is 0 Å². The molecule has 86 valence electrons. The van der Waals surface area contributed by atoms with Gasteiger partial charge in [0.05, 0.1) is 12.7 Å². The maximum atomic E-state index is 4.35. The molecule has 0 saturated carbocycles. The van der Waals surface area contributed by atoms with Crippen LogP contribution in [0.4, 0.5) is 0 Å². The second-order valence-electron chi connectivity index (χ2n) is 3.80. The Morgan fingerprint density at radius 1 is 1.38 bits per heavy atom. The maximum Gasteiger partial charge on any atom is 0.0752 e. The van der Waals surface area contributed by atoms with E-state index in [1.165, 1.54) is 15.3 Å². The Morgan fingerprint density at radius 2 is 2.19 bits per heavy atom. The molecule has 0 fully saturated rings. The standard InChI is InChI=1S/C12H17N3S/c1-3-11-4-5-12(16-11)9-15-8-10(6-13-2)7-14-15/h4-5,7-8,13H,3,6,9H2,1-2H3. The van der Waals surface area contributed by atoms with E-state index >= 15 is 0 Å². The number of nitrogens with zero attached hydrogens (tertiary/aromatic N) is 2. The second kappa shape index (κ2) is 5.27. The quantitative estimate of drug-likeness (QED) is 0.861. The van der Waals surface area contributed by atoms with E-state index in [9.17, 15) is 0 Å². The Balaban J connectivity index is 2.02. The molecule has 0 aliphatic rings. The molecule has 4 heteroatoms. The molecule has 2 aromatic heterocycles. The van der Waals surface area contributed by atoms with Crippen LogP contribution in [0.25, 0.3) is 0 Å². The smallest absolute Gasteiger partial charge is 0.0752 e. The third-order valence-corrected chi connectivity index (χ3v) is 3.67. The summed E-state index contributed by atoms with van der Waals surface area (Å²) in [6.07, 6.45) is 5.14. The number of nitrogens with one attached hydrogen (secondary N) is 1. The fourth-order valence-electron chi connectivity index (χ4n) is 1.65. The van der Waals surface area contributed by atoms with Gasteiger partial charge in [0.25, 0.3) is 0 Å². The molecule has 0 radical (unpaired) electrons. The van der Waals surface area contributed by atoms with Crippen molar-refractivity contribution in [3.05, 3.63) is 39.8 Å². The maximum absolute atomic E-state index is 4.35. The van der Waals surface area contributed by atoms with Crippen molar-refractivity contribution in [1.29, 1.82) is 0 Å². The molecule has 2 aromatic rings. The lowest BCUT2D eigenvalue weighted by Gasteiger charge is -1.97. The van der Waals surface area contributed by atoms with Gasteiger partial charge >= 0.3 is 0 Å². The number of aryl methyl sites for hydroxylation is 1. The molecule has 0 atom stereocenters. The predicted octanol–water partition coefficient (Wildman–Crippen LogP) is 2.27. The molecule has 0 spiro atoms. The molecule has 0 aliphatic carbocycles. The van der Waals surface area contributed by atoms with Crippen molar-refractivity contribution < 1.29 is 0 Å². The van der Waals surface area contributed by atoms with Gasteiger partial charge in [-0.25, -0.2) is 0 Å². The molecule has 3 nitrogen and oxygen atoms in total. The summed E-state index contributed by atoms with van der Waals surface area (Å²) in [6, 6.07) is 4.40.